The molecular formula is C17H27ClN4O. The molecule has 0 unspecified atom stereocenters. The molecule has 0 radical (unpaired) electrons. The molecule has 4 N–H and O–H groups in total. The van der Waals surface area contributed by atoms with E-state index in [1.54, 1.807) is 0 Å². The number of nitrogens with two attached hydrogens (primary N) is 1. The number of para-hydroxylation sites is 1. The molecule has 6 heteroatoms. The predicted octanol–water partition coefficient (Wildman–Crippen LogP) is 3.72. The third-order valence-electron chi connectivity index (χ3n) is 4.41. The molecule has 0 heterocycles. The highest BCUT2D eigenvalue weighted by atomic mass is 35.5. The van der Waals surface area contributed by atoms with Crippen LogP contribution >= 0.6 is 12.4 Å². The van der Waals surface area contributed by atoms with Crippen LogP contribution in [0.15, 0.2) is 18.2 Å². The van der Waals surface area contributed by atoms with Gasteiger partial charge in [-0.1, -0.05) is 43.9 Å². The zero-order chi connectivity index (χ0) is 16.1. The number of aryl methyl sites for hydroxylation is 2. The third-order valence-corrected chi connectivity index (χ3v) is 4.41. The number of hydrogen-bond acceptors (Lipinski definition) is 2. The van der Waals surface area contributed by atoms with Crippen LogP contribution in [-0.2, 0) is 0 Å². The number of carbonyl (C=O) groups is 1. The lowest BCUT2D eigenvalue weighted by molar-refractivity contribution is 0.248. The standard InChI is InChI=1S/C17H26N4O.ClH/c1-12-6-5-7-13(2)15(12)21(16(18)19)17(22)20-11-10-14-8-3-4-9-14;/h5-7,14H,3-4,8-11H2,1-2H3,(H3,18,19)(H,20,22);1H. The molecule has 1 fully saturated rings. The van der Waals surface area contributed by atoms with Gasteiger partial charge in [0, 0.05) is 6.54 Å². The van der Waals surface area contributed by atoms with Crippen LogP contribution in [0.5, 0.6) is 0 Å². The Balaban J connectivity index is 0.00000264. The first-order valence-corrected chi connectivity index (χ1v) is 7.99. The monoisotopic (exact) mass is 338 g/mol. The fourth-order valence-corrected chi connectivity index (χ4v) is 3.25. The molecule has 1 aromatic carbocycles. The van der Waals surface area contributed by atoms with Gasteiger partial charge in [-0.3, -0.25) is 5.41 Å². The summed E-state index contributed by atoms with van der Waals surface area (Å²) in [7, 11) is 0. The normalized spacial score (nSPS) is 14.2. The number of nitrogens with zero attached hydrogens (tertiary/aromatic N) is 1. The lowest BCUT2D eigenvalue weighted by Gasteiger charge is -2.25. The van der Waals surface area contributed by atoms with Crippen LogP contribution in [-0.4, -0.2) is 18.5 Å². The van der Waals surface area contributed by atoms with Gasteiger partial charge in [-0.15, -0.1) is 12.4 Å². The van der Waals surface area contributed by atoms with E-state index in [1.807, 2.05) is 32.0 Å². The van der Waals surface area contributed by atoms with Crippen LogP contribution in [0, 0.1) is 25.2 Å². The number of halogens is 1. The number of rotatable bonds is 4. The highest BCUT2D eigenvalue weighted by Gasteiger charge is 2.22. The Morgan fingerprint density at radius 1 is 1.30 bits per heavy atom. The predicted molar refractivity (Wildman–Crippen MR) is 97.5 cm³/mol. The van der Waals surface area contributed by atoms with E-state index in [9.17, 15) is 4.79 Å². The summed E-state index contributed by atoms with van der Waals surface area (Å²) in [4.78, 5) is 13.7. The van der Waals surface area contributed by atoms with Crippen molar-refractivity contribution < 1.29 is 4.79 Å². The Morgan fingerprint density at radius 2 is 1.87 bits per heavy atom. The molecule has 1 saturated carbocycles. The van der Waals surface area contributed by atoms with Crippen molar-refractivity contribution in [2.24, 2.45) is 11.7 Å². The average molecular weight is 339 g/mol. The average Bonchev–Trinajstić information content (AvgIpc) is 2.95. The number of guanidine groups is 1. The summed E-state index contributed by atoms with van der Waals surface area (Å²) < 4.78 is 0. The van der Waals surface area contributed by atoms with Gasteiger partial charge in [-0.25, -0.2) is 9.69 Å². The van der Waals surface area contributed by atoms with Crippen LogP contribution in [0.2, 0.25) is 0 Å². The number of nitrogens with one attached hydrogen (secondary N) is 2. The number of amides is 2. The van der Waals surface area contributed by atoms with E-state index >= 15 is 0 Å². The second-order valence-corrected chi connectivity index (χ2v) is 6.13. The maximum absolute atomic E-state index is 12.5. The number of benzene rings is 1. The van der Waals surface area contributed by atoms with Gasteiger partial charge in [0.1, 0.15) is 0 Å². The molecule has 0 aromatic heterocycles. The maximum Gasteiger partial charge on any atom is 0.328 e. The zero-order valence-corrected chi connectivity index (χ0v) is 14.7. The summed E-state index contributed by atoms with van der Waals surface area (Å²) in [5.74, 6) is 0.474. The lowest BCUT2D eigenvalue weighted by Crippen LogP contribution is -2.48. The third kappa shape index (κ3) is 4.86. The molecule has 5 nitrogen and oxygen atoms in total. The van der Waals surface area contributed by atoms with Crippen molar-refractivity contribution in [1.29, 1.82) is 5.41 Å². The van der Waals surface area contributed by atoms with Crippen LogP contribution < -0.4 is 16.0 Å². The van der Waals surface area contributed by atoms with Crippen molar-refractivity contribution in [2.75, 3.05) is 11.4 Å². The van der Waals surface area contributed by atoms with E-state index in [-0.39, 0.29) is 24.4 Å². The van der Waals surface area contributed by atoms with Gasteiger partial charge in [-0.2, -0.15) is 0 Å². The van der Waals surface area contributed by atoms with Crippen molar-refractivity contribution >= 4 is 30.1 Å². The van der Waals surface area contributed by atoms with E-state index in [0.717, 1.165) is 23.5 Å². The van der Waals surface area contributed by atoms with E-state index < -0.39 is 0 Å². The highest BCUT2D eigenvalue weighted by molar-refractivity contribution is 6.14. The summed E-state index contributed by atoms with van der Waals surface area (Å²) in [6, 6.07) is 5.46. The Labute approximate surface area is 144 Å². The van der Waals surface area contributed by atoms with Crippen molar-refractivity contribution in [3.05, 3.63) is 29.3 Å². The van der Waals surface area contributed by atoms with Gasteiger partial charge in [-0.05, 0) is 37.3 Å². The van der Waals surface area contributed by atoms with E-state index in [0.29, 0.717) is 12.2 Å². The maximum atomic E-state index is 12.5. The first-order valence-electron chi connectivity index (χ1n) is 7.99. The smallest absolute Gasteiger partial charge is 0.328 e. The second-order valence-electron chi connectivity index (χ2n) is 6.13. The van der Waals surface area contributed by atoms with Gasteiger partial charge >= 0.3 is 6.03 Å². The number of carbonyl (C=O) groups excluding carboxylic acids is 1. The molecule has 1 aromatic rings. The minimum Gasteiger partial charge on any atom is -0.369 e. The number of hydrogen-bond donors (Lipinski definition) is 3. The largest absolute Gasteiger partial charge is 0.369 e. The Bertz CT molecular complexity index is 535. The minimum atomic E-state index is -0.317. The summed E-state index contributed by atoms with van der Waals surface area (Å²) in [5.41, 5.74) is 8.22. The van der Waals surface area contributed by atoms with Crippen LogP contribution in [0.25, 0.3) is 0 Å². The van der Waals surface area contributed by atoms with Crippen molar-refractivity contribution in [2.45, 2.75) is 46.0 Å². The summed E-state index contributed by atoms with van der Waals surface area (Å²) in [5, 5.41) is 10.7. The van der Waals surface area contributed by atoms with E-state index in [4.69, 9.17) is 11.1 Å². The SMILES string of the molecule is Cc1cccc(C)c1N(C(=N)N)C(=O)NCCC1CCCC1.Cl. The van der Waals surface area contributed by atoms with Crippen molar-refractivity contribution in [1.82, 2.24) is 5.32 Å². The van der Waals surface area contributed by atoms with Gasteiger partial charge in [0.15, 0.2) is 0 Å². The van der Waals surface area contributed by atoms with Gasteiger partial charge < -0.3 is 11.1 Å². The minimum absolute atomic E-state index is 0. The second kappa shape index (κ2) is 8.77. The summed E-state index contributed by atoms with van der Waals surface area (Å²) in [6.45, 7) is 4.48. The molecule has 0 spiro atoms. The molecular weight excluding hydrogens is 312 g/mol. The summed E-state index contributed by atoms with van der Waals surface area (Å²) >= 11 is 0. The zero-order valence-electron chi connectivity index (χ0n) is 13.9. The highest BCUT2D eigenvalue weighted by Crippen LogP contribution is 2.27. The van der Waals surface area contributed by atoms with Crippen LogP contribution in [0.1, 0.15) is 43.2 Å². The molecule has 128 valence electrons. The van der Waals surface area contributed by atoms with Crippen molar-refractivity contribution in [3.63, 3.8) is 0 Å². The molecule has 0 aliphatic heterocycles. The Hall–Kier alpha value is -1.75. The summed E-state index contributed by atoms with van der Waals surface area (Å²) in [6.07, 6.45) is 6.15. The van der Waals surface area contributed by atoms with Crippen molar-refractivity contribution in [3.8, 4) is 0 Å². The molecule has 23 heavy (non-hydrogen) atoms. The van der Waals surface area contributed by atoms with E-state index in [1.165, 1.54) is 30.6 Å². The van der Waals surface area contributed by atoms with Gasteiger partial charge in [0.05, 0.1) is 5.69 Å². The lowest BCUT2D eigenvalue weighted by atomic mass is 10.0. The van der Waals surface area contributed by atoms with Gasteiger partial charge in [0.25, 0.3) is 0 Å². The fraction of sp³-hybridized carbons (Fsp3) is 0.529. The quantitative estimate of drug-likeness (QED) is 0.577. The molecule has 2 rings (SSSR count). The van der Waals surface area contributed by atoms with Gasteiger partial charge in [0.2, 0.25) is 5.96 Å². The Kier molecular flexibility index (Phi) is 7.36. The molecule has 0 atom stereocenters. The topological polar surface area (TPSA) is 82.2 Å². The number of anilines is 1. The molecule has 0 saturated heterocycles. The van der Waals surface area contributed by atoms with E-state index in [2.05, 4.69) is 5.32 Å². The number of urea groups is 1. The molecule has 1 aliphatic carbocycles. The Morgan fingerprint density at radius 3 is 2.39 bits per heavy atom. The molecule has 1 aliphatic rings. The first kappa shape index (κ1) is 19.3. The molecule has 2 amide bonds. The first-order chi connectivity index (χ1) is 10.5. The fourth-order valence-electron chi connectivity index (χ4n) is 3.25. The van der Waals surface area contributed by atoms with Crippen LogP contribution in [0.3, 0.4) is 0 Å². The molecule has 0 bridgehead atoms. The van der Waals surface area contributed by atoms with Crippen LogP contribution in [0.4, 0.5) is 10.5 Å².